The lowest BCUT2D eigenvalue weighted by molar-refractivity contribution is 0.00821. The number of piperidine rings is 1. The molecular formula is C25H30N8O4. The number of hydrogen-bond acceptors (Lipinski definition) is 8. The van der Waals surface area contributed by atoms with Crippen LogP contribution in [0.5, 0.6) is 0 Å². The SMILES string of the molecule is CC(C)(C)OC(=O)N1CCCC[C@H]1c1nc(-c2ccc(C(=O)Nc3cccnn3)cc2)c(C(N)=O)n1N. The summed E-state index contributed by atoms with van der Waals surface area (Å²) in [6.45, 7) is 5.87. The molecule has 1 atom stereocenters. The third-order valence-corrected chi connectivity index (χ3v) is 5.84. The van der Waals surface area contributed by atoms with Crippen LogP contribution in [0.3, 0.4) is 0 Å². The van der Waals surface area contributed by atoms with Crippen LogP contribution in [0.4, 0.5) is 10.6 Å². The summed E-state index contributed by atoms with van der Waals surface area (Å²) in [6.07, 6.45) is 3.31. The first kappa shape index (κ1) is 25.6. The quantitative estimate of drug-likeness (QED) is 0.443. The molecule has 1 aromatic carbocycles. The van der Waals surface area contributed by atoms with E-state index in [2.05, 4.69) is 20.5 Å². The van der Waals surface area contributed by atoms with Crippen LogP contribution in [0.1, 0.15) is 72.7 Å². The van der Waals surface area contributed by atoms with Crippen LogP contribution in [-0.4, -0.2) is 54.8 Å². The Kier molecular flexibility index (Phi) is 7.09. The number of imidazole rings is 1. The number of nitrogens with two attached hydrogens (primary N) is 2. The number of hydrogen-bond donors (Lipinski definition) is 3. The van der Waals surface area contributed by atoms with E-state index in [1.54, 1.807) is 62.1 Å². The van der Waals surface area contributed by atoms with Crippen LogP contribution < -0.4 is 16.9 Å². The zero-order valence-corrected chi connectivity index (χ0v) is 21.0. The summed E-state index contributed by atoms with van der Waals surface area (Å²) in [4.78, 5) is 44.1. The van der Waals surface area contributed by atoms with E-state index in [9.17, 15) is 14.4 Å². The molecule has 0 spiro atoms. The molecule has 0 radical (unpaired) electrons. The van der Waals surface area contributed by atoms with Crippen LogP contribution in [0.25, 0.3) is 11.3 Å². The Bertz CT molecular complexity index is 1300. The predicted octanol–water partition coefficient (Wildman–Crippen LogP) is 2.87. The third-order valence-electron chi connectivity index (χ3n) is 5.84. The van der Waals surface area contributed by atoms with Crippen molar-refractivity contribution < 1.29 is 19.1 Å². The minimum atomic E-state index is -0.764. The van der Waals surface area contributed by atoms with Gasteiger partial charge in [-0.1, -0.05) is 12.1 Å². The molecule has 0 unspecified atom stereocenters. The van der Waals surface area contributed by atoms with Gasteiger partial charge in [0, 0.05) is 23.9 Å². The molecule has 2 aromatic heterocycles. The average Bonchev–Trinajstić information content (AvgIpc) is 3.21. The lowest BCUT2D eigenvalue weighted by Crippen LogP contribution is -2.43. The summed E-state index contributed by atoms with van der Waals surface area (Å²) < 4.78 is 6.74. The van der Waals surface area contributed by atoms with Crippen molar-refractivity contribution in [2.24, 2.45) is 5.73 Å². The molecule has 0 saturated carbocycles. The summed E-state index contributed by atoms with van der Waals surface area (Å²) >= 11 is 0. The predicted molar refractivity (Wildman–Crippen MR) is 136 cm³/mol. The number of anilines is 1. The second kappa shape index (κ2) is 10.2. The van der Waals surface area contributed by atoms with Gasteiger partial charge in [0.15, 0.2) is 17.3 Å². The minimum absolute atomic E-state index is 0.00136. The maximum Gasteiger partial charge on any atom is 0.410 e. The normalized spacial score (nSPS) is 15.8. The first-order chi connectivity index (χ1) is 17.5. The van der Waals surface area contributed by atoms with E-state index in [1.165, 1.54) is 6.20 Å². The fourth-order valence-electron chi connectivity index (χ4n) is 4.20. The summed E-state index contributed by atoms with van der Waals surface area (Å²) in [7, 11) is 0. The molecule has 3 aromatic rings. The van der Waals surface area contributed by atoms with Crippen LogP contribution in [0, 0.1) is 0 Å². The van der Waals surface area contributed by atoms with E-state index in [0.29, 0.717) is 35.7 Å². The second-order valence-corrected chi connectivity index (χ2v) is 9.73. The first-order valence-corrected chi connectivity index (χ1v) is 11.9. The minimum Gasteiger partial charge on any atom is -0.444 e. The van der Waals surface area contributed by atoms with Gasteiger partial charge < -0.3 is 21.6 Å². The van der Waals surface area contributed by atoms with Crippen molar-refractivity contribution >= 4 is 23.7 Å². The molecule has 1 saturated heterocycles. The number of amides is 3. The fraction of sp³-hybridized carbons (Fsp3) is 0.360. The van der Waals surface area contributed by atoms with Gasteiger partial charge in [0.25, 0.3) is 11.8 Å². The Morgan fingerprint density at radius 1 is 1.11 bits per heavy atom. The molecule has 12 heteroatoms. The van der Waals surface area contributed by atoms with Crippen molar-refractivity contribution in [3.8, 4) is 11.3 Å². The third kappa shape index (κ3) is 5.68. The number of carbonyl (C=O) groups is 3. The number of carbonyl (C=O) groups excluding carboxylic acids is 3. The Labute approximate surface area is 214 Å². The van der Waals surface area contributed by atoms with Crippen molar-refractivity contribution in [3.05, 3.63) is 59.7 Å². The number of nitrogen functional groups attached to an aromatic ring is 1. The van der Waals surface area contributed by atoms with E-state index >= 15 is 0 Å². The molecule has 37 heavy (non-hydrogen) atoms. The molecule has 0 bridgehead atoms. The van der Waals surface area contributed by atoms with Crippen LogP contribution >= 0.6 is 0 Å². The van der Waals surface area contributed by atoms with Crippen molar-refractivity contribution in [3.63, 3.8) is 0 Å². The molecule has 194 valence electrons. The van der Waals surface area contributed by atoms with Crippen molar-refractivity contribution in [1.82, 2.24) is 24.8 Å². The highest BCUT2D eigenvalue weighted by atomic mass is 16.6. The number of rotatable bonds is 5. The molecule has 1 fully saturated rings. The van der Waals surface area contributed by atoms with Gasteiger partial charge in [-0.05, 0) is 64.3 Å². The molecule has 3 heterocycles. The molecule has 1 aliphatic rings. The van der Waals surface area contributed by atoms with Crippen molar-refractivity contribution in [2.45, 2.75) is 51.7 Å². The zero-order chi connectivity index (χ0) is 26.7. The summed E-state index contributed by atoms with van der Waals surface area (Å²) in [5, 5.41) is 10.2. The lowest BCUT2D eigenvalue weighted by Gasteiger charge is -2.36. The van der Waals surface area contributed by atoms with Crippen LogP contribution in [-0.2, 0) is 4.74 Å². The Morgan fingerprint density at radius 3 is 2.46 bits per heavy atom. The van der Waals surface area contributed by atoms with Crippen molar-refractivity contribution in [2.75, 3.05) is 17.7 Å². The van der Waals surface area contributed by atoms with Crippen LogP contribution in [0.2, 0.25) is 0 Å². The highest BCUT2D eigenvalue weighted by Gasteiger charge is 2.36. The van der Waals surface area contributed by atoms with Gasteiger partial charge in [0.1, 0.15) is 11.3 Å². The first-order valence-electron chi connectivity index (χ1n) is 11.9. The van der Waals surface area contributed by atoms with Gasteiger partial charge in [-0.15, -0.1) is 5.10 Å². The summed E-state index contributed by atoms with van der Waals surface area (Å²) in [5.41, 5.74) is 6.18. The number of likely N-dealkylation sites (tertiary alicyclic amines) is 1. The lowest BCUT2D eigenvalue weighted by atomic mass is 10.0. The van der Waals surface area contributed by atoms with Gasteiger partial charge in [-0.2, -0.15) is 5.10 Å². The molecular weight excluding hydrogens is 476 g/mol. The molecule has 12 nitrogen and oxygen atoms in total. The van der Waals surface area contributed by atoms with E-state index in [0.717, 1.165) is 17.5 Å². The Hall–Kier alpha value is -4.48. The number of primary amides is 1. The molecule has 1 aliphatic heterocycles. The Morgan fingerprint density at radius 2 is 1.84 bits per heavy atom. The molecule has 4 rings (SSSR count). The zero-order valence-electron chi connectivity index (χ0n) is 21.0. The number of aromatic nitrogens is 4. The monoisotopic (exact) mass is 506 g/mol. The smallest absolute Gasteiger partial charge is 0.410 e. The van der Waals surface area contributed by atoms with Gasteiger partial charge >= 0.3 is 6.09 Å². The van der Waals surface area contributed by atoms with E-state index in [-0.39, 0.29) is 17.3 Å². The van der Waals surface area contributed by atoms with Gasteiger partial charge in [-0.25, -0.2) is 14.5 Å². The number of benzene rings is 1. The second-order valence-electron chi connectivity index (χ2n) is 9.73. The maximum atomic E-state index is 12.9. The summed E-state index contributed by atoms with van der Waals surface area (Å²) in [5.74, 6) is 5.84. The number of ether oxygens (including phenoxy) is 1. The molecule has 0 aliphatic carbocycles. The van der Waals surface area contributed by atoms with E-state index < -0.39 is 23.6 Å². The van der Waals surface area contributed by atoms with Gasteiger partial charge in [-0.3, -0.25) is 14.5 Å². The summed E-state index contributed by atoms with van der Waals surface area (Å²) in [6, 6.07) is 9.28. The highest BCUT2D eigenvalue weighted by Crippen LogP contribution is 2.34. The number of nitrogens with zero attached hydrogens (tertiary/aromatic N) is 5. The Balaban J connectivity index is 1.64. The molecule has 3 amide bonds. The van der Waals surface area contributed by atoms with E-state index in [1.807, 2.05) is 0 Å². The largest absolute Gasteiger partial charge is 0.444 e. The standard InChI is InChI=1S/C25H30N8O4/c1-25(2,3)37-24(36)32-14-5-4-7-17(32)22-30-19(20(21(26)34)33(22)27)15-9-11-16(12-10-15)23(35)29-18-8-6-13-28-31-18/h6,8-13,17H,4-5,7,14,27H2,1-3H3,(H2,26,34)(H,29,31,35)/t17-/m0/s1. The van der Waals surface area contributed by atoms with Crippen molar-refractivity contribution in [1.29, 1.82) is 0 Å². The maximum absolute atomic E-state index is 12.9. The number of nitrogens with one attached hydrogen (secondary N) is 1. The fourth-order valence-corrected chi connectivity index (χ4v) is 4.20. The molecule has 5 N–H and O–H groups in total. The van der Waals surface area contributed by atoms with Crippen LogP contribution in [0.15, 0.2) is 42.6 Å². The van der Waals surface area contributed by atoms with Gasteiger partial charge in [0.05, 0.1) is 6.04 Å². The van der Waals surface area contributed by atoms with Gasteiger partial charge in [0.2, 0.25) is 0 Å². The highest BCUT2D eigenvalue weighted by molar-refractivity contribution is 6.04. The topological polar surface area (TPSA) is 171 Å². The van der Waals surface area contributed by atoms with E-state index in [4.69, 9.17) is 16.3 Å². The average molecular weight is 507 g/mol.